The molecule has 0 saturated heterocycles. The summed E-state index contributed by atoms with van der Waals surface area (Å²) < 4.78 is 0.879. The third-order valence-corrected chi connectivity index (χ3v) is 7.44. The van der Waals surface area contributed by atoms with Gasteiger partial charge in [0.2, 0.25) is 5.78 Å². The first kappa shape index (κ1) is 23.7. The van der Waals surface area contributed by atoms with E-state index in [-0.39, 0.29) is 32.6 Å². The summed E-state index contributed by atoms with van der Waals surface area (Å²) in [5, 5.41) is 36.6. The predicted octanol–water partition coefficient (Wildman–Crippen LogP) is 6.28. The Labute approximate surface area is 220 Å². The number of Topliss-reactive ketones (excluding diaryl/α,β-unsaturated/α-hetero) is 1. The first-order chi connectivity index (χ1) is 18.1. The third-order valence-electron chi connectivity index (χ3n) is 5.37. The predicted molar refractivity (Wildman–Crippen MR) is 145 cm³/mol. The van der Waals surface area contributed by atoms with Crippen LogP contribution in [0.25, 0.3) is 15.8 Å². The number of thiazole rings is 1. The number of hydrazone groups is 1. The minimum absolute atomic E-state index is 0.0639. The van der Waals surface area contributed by atoms with Crippen molar-refractivity contribution >= 4 is 55.4 Å². The Balaban J connectivity index is 1.69. The Morgan fingerprint density at radius 1 is 0.811 bits per heavy atom. The molecule has 0 fully saturated rings. The second-order valence-corrected chi connectivity index (χ2v) is 9.61. The van der Waals surface area contributed by atoms with E-state index in [2.05, 4.69) is 16.2 Å². The van der Waals surface area contributed by atoms with Gasteiger partial charge in [-0.1, -0.05) is 60.7 Å². The Hall–Kier alpha value is -5.01. The molecule has 4 aromatic rings. The minimum atomic E-state index is -0.370. The molecule has 1 aliphatic heterocycles. The van der Waals surface area contributed by atoms with Crippen LogP contribution in [-0.2, 0) is 0 Å². The fourth-order valence-corrected chi connectivity index (χ4v) is 5.66. The number of carbonyl (C=O) groups excluding carboxylic acids is 1. The second kappa shape index (κ2) is 10.3. The summed E-state index contributed by atoms with van der Waals surface area (Å²) in [6.45, 7) is 0. The number of aromatic nitrogens is 1. The minimum Gasteiger partial charge on any atom is -0.283 e. The number of ketones is 1. The van der Waals surface area contributed by atoms with Crippen LogP contribution in [0.15, 0.2) is 106 Å². The monoisotopic (exact) mass is 514 g/mol. The molecule has 0 unspecified atom stereocenters. The lowest BCUT2D eigenvalue weighted by Crippen LogP contribution is -2.12. The zero-order chi connectivity index (χ0) is 25.8. The normalized spacial score (nSPS) is 13.8. The lowest BCUT2D eigenvalue weighted by molar-refractivity contribution is 0.106. The highest BCUT2D eigenvalue weighted by molar-refractivity contribution is 8.19. The molecule has 174 valence electrons. The van der Waals surface area contributed by atoms with Gasteiger partial charge in [-0.25, -0.2) is 9.99 Å². The molecule has 9 heteroatoms. The summed E-state index contributed by atoms with van der Waals surface area (Å²) in [5.74, 6) is -0.370. The molecule has 0 atom stereocenters. The molecule has 1 aromatic heterocycles. The zero-order valence-corrected chi connectivity index (χ0v) is 20.6. The average molecular weight is 515 g/mol. The van der Waals surface area contributed by atoms with E-state index >= 15 is 0 Å². The Kier molecular flexibility index (Phi) is 6.61. The van der Waals surface area contributed by atoms with E-state index in [9.17, 15) is 20.6 Å². The number of para-hydroxylation sites is 2. The van der Waals surface area contributed by atoms with Crippen LogP contribution in [0, 0.1) is 34.0 Å². The van der Waals surface area contributed by atoms with Crippen LogP contribution in [-0.4, -0.2) is 15.8 Å². The number of thioether (sulfide) groups is 1. The van der Waals surface area contributed by atoms with Gasteiger partial charge in [0.05, 0.1) is 21.5 Å². The van der Waals surface area contributed by atoms with Crippen LogP contribution in [0.5, 0.6) is 0 Å². The fraction of sp³-hybridized carbons (Fsp3) is 0. The number of hydrogen-bond donors (Lipinski definition) is 0. The smallest absolute Gasteiger partial charge is 0.248 e. The van der Waals surface area contributed by atoms with Gasteiger partial charge >= 0.3 is 0 Å². The lowest BCUT2D eigenvalue weighted by Gasteiger charge is -2.18. The SMILES string of the molecule is N#CC(C#N)=C(/C(C#N)=C1\SC(C(=O)c2nc3ccccc3s2)=NN1c1ccccc1)c1ccccc1. The van der Waals surface area contributed by atoms with Gasteiger partial charge in [0, 0.05) is 5.57 Å². The number of nitrogens with zero attached hydrogens (tertiary/aromatic N) is 6. The quantitative estimate of drug-likeness (QED) is 0.227. The third kappa shape index (κ3) is 4.51. The van der Waals surface area contributed by atoms with Gasteiger partial charge in [-0.05, 0) is 41.6 Å². The number of fused-ring (bicyclic) bond motifs is 1. The van der Waals surface area contributed by atoms with Gasteiger partial charge in [-0.3, -0.25) is 4.79 Å². The maximum absolute atomic E-state index is 13.5. The van der Waals surface area contributed by atoms with Crippen molar-refractivity contribution in [2.45, 2.75) is 0 Å². The molecule has 0 spiro atoms. The Morgan fingerprint density at radius 2 is 1.46 bits per heavy atom. The summed E-state index contributed by atoms with van der Waals surface area (Å²) in [6.07, 6.45) is 0. The second-order valence-electron chi connectivity index (χ2n) is 7.60. The largest absolute Gasteiger partial charge is 0.283 e. The van der Waals surface area contributed by atoms with Crippen molar-refractivity contribution in [3.05, 3.63) is 112 Å². The van der Waals surface area contributed by atoms with Crippen LogP contribution in [0.4, 0.5) is 5.69 Å². The van der Waals surface area contributed by atoms with E-state index in [1.165, 1.54) is 16.3 Å². The van der Waals surface area contributed by atoms with E-state index in [0.29, 0.717) is 16.3 Å². The van der Waals surface area contributed by atoms with Gasteiger partial charge in [0.25, 0.3) is 0 Å². The van der Waals surface area contributed by atoms with Crippen molar-refractivity contribution < 1.29 is 4.79 Å². The first-order valence-corrected chi connectivity index (χ1v) is 12.5. The highest BCUT2D eigenvalue weighted by Crippen LogP contribution is 2.42. The number of benzene rings is 3. The molecular weight excluding hydrogens is 500 g/mol. The van der Waals surface area contributed by atoms with Crippen molar-refractivity contribution in [2.75, 3.05) is 5.01 Å². The van der Waals surface area contributed by atoms with Gasteiger partial charge in [-0.2, -0.15) is 20.9 Å². The molecule has 1 aliphatic rings. The molecule has 37 heavy (non-hydrogen) atoms. The Bertz CT molecular complexity index is 1700. The maximum atomic E-state index is 13.5. The molecule has 5 rings (SSSR count). The molecule has 0 aliphatic carbocycles. The highest BCUT2D eigenvalue weighted by atomic mass is 32.2. The number of rotatable bonds is 5. The van der Waals surface area contributed by atoms with E-state index in [1.807, 2.05) is 54.6 Å². The van der Waals surface area contributed by atoms with E-state index in [4.69, 9.17) is 0 Å². The lowest BCUT2D eigenvalue weighted by atomic mass is 9.94. The van der Waals surface area contributed by atoms with Gasteiger partial charge in [0.15, 0.2) is 10.1 Å². The van der Waals surface area contributed by atoms with Crippen LogP contribution >= 0.6 is 23.1 Å². The number of anilines is 1. The van der Waals surface area contributed by atoms with Gasteiger partial charge in [0.1, 0.15) is 28.8 Å². The zero-order valence-electron chi connectivity index (χ0n) is 19.0. The highest BCUT2D eigenvalue weighted by Gasteiger charge is 2.34. The standard InChI is InChI=1S/C28H14N6OS2/c29-15-19(16-30)24(18-9-3-1-4-10-18)21(17-31)28-34(20-11-5-2-6-12-20)33-27(37-28)25(35)26-32-22-13-7-8-14-23(22)36-26/h1-14H/b28-21-. The van der Waals surface area contributed by atoms with Gasteiger partial charge in [-0.15, -0.1) is 11.3 Å². The summed E-state index contributed by atoms with van der Waals surface area (Å²) in [5.41, 5.74) is 1.90. The topological polar surface area (TPSA) is 117 Å². The van der Waals surface area contributed by atoms with Crippen molar-refractivity contribution in [1.82, 2.24) is 4.98 Å². The van der Waals surface area contributed by atoms with E-state index < -0.39 is 0 Å². The molecule has 0 saturated carbocycles. The van der Waals surface area contributed by atoms with Crippen molar-refractivity contribution in [2.24, 2.45) is 5.10 Å². The first-order valence-electron chi connectivity index (χ1n) is 10.9. The van der Waals surface area contributed by atoms with Crippen molar-refractivity contribution in [3.63, 3.8) is 0 Å². The average Bonchev–Trinajstić information content (AvgIpc) is 3.59. The molecule has 0 amide bonds. The summed E-state index contributed by atoms with van der Waals surface area (Å²) in [6, 6.07) is 31.3. The molecule has 0 radical (unpaired) electrons. The maximum Gasteiger partial charge on any atom is 0.248 e. The van der Waals surface area contributed by atoms with Crippen molar-refractivity contribution in [3.8, 4) is 18.2 Å². The molecule has 0 N–H and O–H groups in total. The summed E-state index contributed by atoms with van der Waals surface area (Å²) in [7, 11) is 0. The number of hydrogen-bond acceptors (Lipinski definition) is 9. The van der Waals surface area contributed by atoms with Crippen LogP contribution in [0.1, 0.15) is 15.4 Å². The summed E-state index contributed by atoms with van der Waals surface area (Å²) >= 11 is 2.29. The van der Waals surface area contributed by atoms with Crippen LogP contribution < -0.4 is 5.01 Å². The van der Waals surface area contributed by atoms with E-state index in [1.54, 1.807) is 42.5 Å². The number of carbonyl (C=O) groups is 1. The van der Waals surface area contributed by atoms with Crippen LogP contribution in [0.2, 0.25) is 0 Å². The Morgan fingerprint density at radius 3 is 2.11 bits per heavy atom. The van der Waals surface area contributed by atoms with Gasteiger partial charge < -0.3 is 0 Å². The molecule has 7 nitrogen and oxygen atoms in total. The number of nitriles is 3. The number of allylic oxidation sites excluding steroid dienone is 3. The summed E-state index contributed by atoms with van der Waals surface area (Å²) in [4.78, 5) is 17.9. The molecule has 3 aromatic carbocycles. The molecule has 0 bridgehead atoms. The fourth-order valence-electron chi connectivity index (χ4n) is 3.71. The van der Waals surface area contributed by atoms with Crippen LogP contribution in [0.3, 0.4) is 0 Å². The molecular formula is C28H14N6OS2. The van der Waals surface area contributed by atoms with Crippen molar-refractivity contribution in [1.29, 1.82) is 15.8 Å². The molecule has 2 heterocycles. The van der Waals surface area contributed by atoms with E-state index in [0.717, 1.165) is 22.0 Å².